The first kappa shape index (κ1) is 19.8. The molecule has 0 spiro atoms. The number of benzene rings is 2. The predicted octanol–water partition coefficient (Wildman–Crippen LogP) is 3.97. The highest BCUT2D eigenvalue weighted by Crippen LogP contribution is 2.26. The molecular weight excluding hydrogens is 387 g/mol. The van der Waals surface area contributed by atoms with Gasteiger partial charge in [0.25, 0.3) is 5.91 Å². The third-order valence-electron chi connectivity index (χ3n) is 4.65. The lowest BCUT2D eigenvalue weighted by atomic mass is 10.1. The third-order valence-corrected chi connectivity index (χ3v) is 5.09. The number of hydrogen-bond donors (Lipinski definition) is 0. The van der Waals surface area contributed by atoms with Gasteiger partial charge in [-0.1, -0.05) is 23.2 Å². The third kappa shape index (κ3) is 4.86. The predicted molar refractivity (Wildman–Crippen MR) is 107 cm³/mol. The molecule has 0 aliphatic carbocycles. The first-order valence-corrected chi connectivity index (χ1v) is 9.44. The Labute approximate surface area is 169 Å². The van der Waals surface area contributed by atoms with Gasteiger partial charge in [0.2, 0.25) is 0 Å². The summed E-state index contributed by atoms with van der Waals surface area (Å²) < 4.78 is 10.8. The maximum Gasteiger partial charge on any atom is 0.254 e. The van der Waals surface area contributed by atoms with E-state index in [1.807, 2.05) is 23.1 Å². The normalized spacial score (nSPS) is 14.9. The van der Waals surface area contributed by atoms with Gasteiger partial charge in [-0.2, -0.15) is 0 Å². The summed E-state index contributed by atoms with van der Waals surface area (Å²) in [5.74, 6) is 1.60. The smallest absolute Gasteiger partial charge is 0.254 e. The molecule has 0 bridgehead atoms. The van der Waals surface area contributed by atoms with Crippen LogP contribution in [0.15, 0.2) is 36.4 Å². The first-order chi connectivity index (χ1) is 13.0. The highest BCUT2D eigenvalue weighted by atomic mass is 35.5. The number of nitrogens with zero attached hydrogens (tertiary/aromatic N) is 2. The van der Waals surface area contributed by atoms with E-state index in [1.165, 1.54) is 0 Å². The first-order valence-electron chi connectivity index (χ1n) is 8.69. The second-order valence-corrected chi connectivity index (χ2v) is 7.28. The van der Waals surface area contributed by atoms with E-state index in [9.17, 15) is 4.79 Å². The minimum atomic E-state index is -0.0435. The van der Waals surface area contributed by atoms with E-state index in [1.54, 1.807) is 32.4 Å². The summed E-state index contributed by atoms with van der Waals surface area (Å²) in [5.41, 5.74) is 1.59. The van der Waals surface area contributed by atoms with Crippen LogP contribution < -0.4 is 9.47 Å². The summed E-state index contributed by atoms with van der Waals surface area (Å²) in [7, 11) is 3.32. The van der Waals surface area contributed by atoms with Crippen molar-refractivity contribution in [1.82, 2.24) is 9.80 Å². The van der Waals surface area contributed by atoms with Crippen LogP contribution >= 0.6 is 23.2 Å². The molecule has 2 aromatic rings. The van der Waals surface area contributed by atoms with Gasteiger partial charge < -0.3 is 14.4 Å². The van der Waals surface area contributed by atoms with Crippen molar-refractivity contribution in [3.8, 4) is 11.5 Å². The standard InChI is InChI=1S/C20H22Cl2N2O3/c1-26-18-3-4-19(27-2)15(11-18)13-23-5-7-24(8-6-23)20(25)14-9-16(21)12-17(22)10-14/h3-4,9-12H,5-8,13H2,1-2H3. The van der Waals surface area contributed by atoms with Gasteiger partial charge in [-0.25, -0.2) is 0 Å². The zero-order valence-corrected chi connectivity index (χ0v) is 16.9. The number of methoxy groups -OCH3 is 2. The number of carbonyl (C=O) groups excluding carboxylic acids is 1. The molecule has 1 amide bonds. The molecule has 0 atom stereocenters. The zero-order valence-electron chi connectivity index (χ0n) is 15.4. The van der Waals surface area contributed by atoms with Crippen molar-refractivity contribution in [2.75, 3.05) is 40.4 Å². The van der Waals surface area contributed by atoms with Gasteiger partial charge in [0.1, 0.15) is 11.5 Å². The van der Waals surface area contributed by atoms with Crippen LogP contribution in [-0.2, 0) is 6.54 Å². The molecule has 1 aliphatic heterocycles. The fraction of sp³-hybridized carbons (Fsp3) is 0.350. The fourth-order valence-corrected chi connectivity index (χ4v) is 3.74. The number of piperazine rings is 1. The second kappa shape index (κ2) is 8.83. The molecule has 0 N–H and O–H groups in total. The number of carbonyl (C=O) groups is 1. The Morgan fingerprint density at radius 2 is 1.63 bits per heavy atom. The molecule has 1 fully saturated rings. The Hall–Kier alpha value is -1.95. The minimum Gasteiger partial charge on any atom is -0.497 e. The van der Waals surface area contributed by atoms with Gasteiger partial charge in [-0.3, -0.25) is 9.69 Å². The van der Waals surface area contributed by atoms with E-state index in [0.717, 1.165) is 36.7 Å². The van der Waals surface area contributed by atoms with Crippen LogP contribution in [0.5, 0.6) is 11.5 Å². The summed E-state index contributed by atoms with van der Waals surface area (Å²) in [6.45, 7) is 3.59. The quantitative estimate of drug-likeness (QED) is 0.750. The molecule has 1 aliphatic rings. The molecule has 1 heterocycles. The maximum atomic E-state index is 12.7. The van der Waals surface area contributed by atoms with Crippen molar-refractivity contribution in [2.45, 2.75) is 6.54 Å². The van der Waals surface area contributed by atoms with E-state index in [-0.39, 0.29) is 5.91 Å². The van der Waals surface area contributed by atoms with E-state index >= 15 is 0 Å². The van der Waals surface area contributed by atoms with Crippen molar-refractivity contribution in [3.05, 3.63) is 57.6 Å². The lowest BCUT2D eigenvalue weighted by molar-refractivity contribution is 0.0627. The van der Waals surface area contributed by atoms with Crippen molar-refractivity contribution in [3.63, 3.8) is 0 Å². The Morgan fingerprint density at radius 3 is 2.22 bits per heavy atom. The molecule has 0 saturated carbocycles. The molecule has 5 nitrogen and oxygen atoms in total. The minimum absolute atomic E-state index is 0.0435. The molecule has 144 valence electrons. The number of rotatable bonds is 5. The monoisotopic (exact) mass is 408 g/mol. The Kier molecular flexibility index (Phi) is 6.47. The van der Waals surface area contributed by atoms with Gasteiger partial charge in [0, 0.05) is 53.9 Å². The van der Waals surface area contributed by atoms with E-state index < -0.39 is 0 Å². The van der Waals surface area contributed by atoms with Gasteiger partial charge in [0.05, 0.1) is 14.2 Å². The second-order valence-electron chi connectivity index (χ2n) is 6.40. The van der Waals surface area contributed by atoms with E-state index in [0.29, 0.717) is 28.7 Å². The van der Waals surface area contributed by atoms with Gasteiger partial charge >= 0.3 is 0 Å². The topological polar surface area (TPSA) is 42.0 Å². The van der Waals surface area contributed by atoms with Gasteiger partial charge in [-0.05, 0) is 36.4 Å². The molecule has 0 unspecified atom stereocenters. The van der Waals surface area contributed by atoms with Crippen molar-refractivity contribution < 1.29 is 14.3 Å². The summed E-state index contributed by atoms with van der Waals surface area (Å²) in [6, 6.07) is 10.7. The average molecular weight is 409 g/mol. The number of amides is 1. The van der Waals surface area contributed by atoms with Crippen molar-refractivity contribution in [2.24, 2.45) is 0 Å². The molecule has 3 rings (SSSR count). The van der Waals surface area contributed by atoms with Crippen LogP contribution in [0, 0.1) is 0 Å². The highest BCUT2D eigenvalue weighted by Gasteiger charge is 2.23. The maximum absolute atomic E-state index is 12.7. The molecule has 2 aromatic carbocycles. The van der Waals surface area contributed by atoms with Crippen molar-refractivity contribution in [1.29, 1.82) is 0 Å². The fourth-order valence-electron chi connectivity index (χ4n) is 3.22. The van der Waals surface area contributed by atoms with Crippen molar-refractivity contribution >= 4 is 29.1 Å². The molecule has 1 saturated heterocycles. The molecule has 0 radical (unpaired) electrons. The summed E-state index contributed by atoms with van der Waals surface area (Å²) >= 11 is 12.0. The SMILES string of the molecule is COc1ccc(OC)c(CN2CCN(C(=O)c3cc(Cl)cc(Cl)c3)CC2)c1. The number of hydrogen-bond acceptors (Lipinski definition) is 4. The van der Waals surface area contributed by atoms with Crippen LogP contribution in [0.1, 0.15) is 15.9 Å². The Balaban J connectivity index is 1.63. The molecule has 27 heavy (non-hydrogen) atoms. The average Bonchev–Trinajstić information content (AvgIpc) is 2.67. The van der Waals surface area contributed by atoms with E-state index in [2.05, 4.69) is 4.90 Å². The Morgan fingerprint density at radius 1 is 0.963 bits per heavy atom. The largest absolute Gasteiger partial charge is 0.497 e. The number of halogens is 2. The lowest BCUT2D eigenvalue weighted by Gasteiger charge is -2.35. The van der Waals surface area contributed by atoms with E-state index in [4.69, 9.17) is 32.7 Å². The molecule has 7 heteroatoms. The summed E-state index contributed by atoms with van der Waals surface area (Å²) in [4.78, 5) is 16.8. The zero-order chi connectivity index (χ0) is 19.4. The summed E-state index contributed by atoms with van der Waals surface area (Å²) in [5, 5.41) is 0.934. The summed E-state index contributed by atoms with van der Waals surface area (Å²) in [6.07, 6.45) is 0. The molecular formula is C20H22Cl2N2O3. The van der Waals surface area contributed by atoms with Crippen LogP contribution in [-0.4, -0.2) is 56.1 Å². The Bertz CT molecular complexity index is 801. The van der Waals surface area contributed by atoms with Crippen LogP contribution in [0.2, 0.25) is 10.0 Å². The molecule has 0 aromatic heterocycles. The van der Waals surface area contributed by atoms with Gasteiger partial charge in [0.15, 0.2) is 0 Å². The van der Waals surface area contributed by atoms with Gasteiger partial charge in [-0.15, -0.1) is 0 Å². The van der Waals surface area contributed by atoms with Crippen LogP contribution in [0.25, 0.3) is 0 Å². The number of ether oxygens (including phenoxy) is 2. The lowest BCUT2D eigenvalue weighted by Crippen LogP contribution is -2.48. The van der Waals surface area contributed by atoms with Crippen LogP contribution in [0.3, 0.4) is 0 Å². The van der Waals surface area contributed by atoms with Crippen LogP contribution in [0.4, 0.5) is 0 Å². The highest BCUT2D eigenvalue weighted by molar-refractivity contribution is 6.35.